The molecular weight excluding hydrogens is 268 g/mol. The molecule has 0 radical (unpaired) electrons. The molecule has 4 unspecified atom stereocenters. The van der Waals surface area contributed by atoms with E-state index in [9.17, 15) is 15.0 Å². The van der Waals surface area contributed by atoms with Crippen molar-refractivity contribution < 1.29 is 15.0 Å². The number of rotatable bonds is 2. The van der Waals surface area contributed by atoms with Gasteiger partial charge < -0.3 is 20.4 Å². The maximum absolute atomic E-state index is 12.3. The van der Waals surface area contributed by atoms with Crippen LogP contribution in [0.4, 0.5) is 10.5 Å². The fourth-order valence-electron chi connectivity index (χ4n) is 3.45. The molecule has 2 amide bonds. The van der Waals surface area contributed by atoms with E-state index in [0.29, 0.717) is 12.5 Å². The summed E-state index contributed by atoms with van der Waals surface area (Å²) in [4.78, 5) is 14.0. The van der Waals surface area contributed by atoms with Gasteiger partial charge in [0.1, 0.15) is 0 Å². The van der Waals surface area contributed by atoms with Crippen LogP contribution in [0.2, 0.25) is 0 Å². The van der Waals surface area contributed by atoms with Gasteiger partial charge in [0.25, 0.3) is 0 Å². The lowest BCUT2D eigenvalue weighted by Gasteiger charge is -2.19. The molecule has 2 fully saturated rings. The number of anilines is 1. The second kappa shape index (κ2) is 5.66. The third kappa shape index (κ3) is 2.89. The van der Waals surface area contributed by atoms with Crippen molar-refractivity contribution in [1.82, 2.24) is 4.90 Å². The molecule has 1 saturated carbocycles. The van der Waals surface area contributed by atoms with Crippen LogP contribution in [-0.4, -0.2) is 40.3 Å². The molecule has 4 atom stereocenters. The Balaban J connectivity index is 1.59. The predicted octanol–water partition coefficient (Wildman–Crippen LogP) is 1.97. The first-order valence-electron chi connectivity index (χ1n) is 7.56. The Kier molecular flexibility index (Phi) is 3.87. The standard InChI is InChI=1S/C16H22N2O3/c1-10(19)11-2-5-13(6-3-11)17-16(21)18-8-12-4-7-15(20)14(12)9-18/h2-3,5-6,10,12,14-15,19-20H,4,7-9H2,1H3,(H,17,21). The molecule has 1 heterocycles. The van der Waals surface area contributed by atoms with Crippen molar-refractivity contribution in [2.24, 2.45) is 11.8 Å². The SMILES string of the molecule is CC(O)c1ccc(NC(=O)N2CC3CCC(O)C3C2)cc1. The number of hydrogen-bond acceptors (Lipinski definition) is 3. The lowest BCUT2D eigenvalue weighted by Crippen LogP contribution is -2.34. The number of nitrogens with zero attached hydrogens (tertiary/aromatic N) is 1. The number of fused-ring (bicyclic) bond motifs is 1. The van der Waals surface area contributed by atoms with Crippen LogP contribution in [0.3, 0.4) is 0 Å². The van der Waals surface area contributed by atoms with Gasteiger partial charge in [0.2, 0.25) is 0 Å². The van der Waals surface area contributed by atoms with Crippen molar-refractivity contribution in [2.75, 3.05) is 18.4 Å². The molecule has 3 N–H and O–H groups in total. The highest BCUT2D eigenvalue weighted by Crippen LogP contribution is 2.38. The van der Waals surface area contributed by atoms with Gasteiger partial charge in [0, 0.05) is 24.7 Å². The molecule has 1 aromatic rings. The maximum Gasteiger partial charge on any atom is 0.321 e. The summed E-state index contributed by atoms with van der Waals surface area (Å²) in [5.74, 6) is 0.691. The first kappa shape index (κ1) is 14.4. The molecule has 1 aliphatic heterocycles. The normalized spacial score (nSPS) is 29.3. The summed E-state index contributed by atoms with van der Waals surface area (Å²) in [7, 11) is 0. The van der Waals surface area contributed by atoms with Crippen molar-refractivity contribution in [2.45, 2.75) is 32.0 Å². The number of benzene rings is 1. The summed E-state index contributed by atoms with van der Waals surface area (Å²) in [5, 5.41) is 22.2. The molecule has 1 aromatic carbocycles. The molecule has 3 rings (SSSR count). The number of urea groups is 1. The highest BCUT2D eigenvalue weighted by molar-refractivity contribution is 5.89. The van der Waals surface area contributed by atoms with Crippen molar-refractivity contribution in [3.8, 4) is 0 Å². The fraction of sp³-hybridized carbons (Fsp3) is 0.562. The number of likely N-dealkylation sites (tertiary alicyclic amines) is 1. The number of carbonyl (C=O) groups is 1. The van der Waals surface area contributed by atoms with Gasteiger partial charge in [-0.05, 0) is 43.4 Å². The number of aliphatic hydroxyl groups excluding tert-OH is 2. The smallest absolute Gasteiger partial charge is 0.321 e. The van der Waals surface area contributed by atoms with E-state index in [0.717, 1.165) is 30.6 Å². The second-order valence-corrected chi connectivity index (χ2v) is 6.20. The molecular formula is C16H22N2O3. The Bertz CT molecular complexity index is 515. The van der Waals surface area contributed by atoms with Crippen LogP contribution in [0.25, 0.3) is 0 Å². The molecule has 1 aliphatic carbocycles. The third-order valence-corrected chi connectivity index (χ3v) is 4.75. The van der Waals surface area contributed by atoms with E-state index in [-0.39, 0.29) is 18.1 Å². The van der Waals surface area contributed by atoms with Gasteiger partial charge in [0.15, 0.2) is 0 Å². The topological polar surface area (TPSA) is 72.8 Å². The van der Waals surface area contributed by atoms with Gasteiger partial charge >= 0.3 is 6.03 Å². The minimum absolute atomic E-state index is 0.110. The van der Waals surface area contributed by atoms with E-state index < -0.39 is 6.10 Å². The zero-order valence-electron chi connectivity index (χ0n) is 12.2. The van der Waals surface area contributed by atoms with Crippen molar-refractivity contribution in [1.29, 1.82) is 0 Å². The highest BCUT2D eigenvalue weighted by atomic mass is 16.3. The Labute approximate surface area is 124 Å². The minimum atomic E-state index is -0.505. The fourth-order valence-corrected chi connectivity index (χ4v) is 3.45. The maximum atomic E-state index is 12.3. The van der Waals surface area contributed by atoms with Crippen molar-refractivity contribution in [3.63, 3.8) is 0 Å². The van der Waals surface area contributed by atoms with Crippen LogP contribution < -0.4 is 5.32 Å². The first-order chi connectivity index (χ1) is 10.0. The monoisotopic (exact) mass is 290 g/mol. The summed E-state index contributed by atoms with van der Waals surface area (Å²) < 4.78 is 0. The molecule has 5 heteroatoms. The van der Waals surface area contributed by atoms with Crippen LogP contribution in [0.1, 0.15) is 31.4 Å². The van der Waals surface area contributed by atoms with Gasteiger partial charge in [-0.15, -0.1) is 0 Å². The molecule has 0 aromatic heterocycles. The summed E-state index contributed by atoms with van der Waals surface area (Å²) in [6, 6.07) is 7.10. The van der Waals surface area contributed by atoms with Gasteiger partial charge in [-0.1, -0.05) is 12.1 Å². The van der Waals surface area contributed by atoms with E-state index in [1.54, 1.807) is 24.0 Å². The lowest BCUT2D eigenvalue weighted by atomic mass is 10.00. The molecule has 21 heavy (non-hydrogen) atoms. The summed E-state index contributed by atoms with van der Waals surface area (Å²) in [6.07, 6.45) is 1.12. The number of nitrogens with one attached hydrogen (secondary N) is 1. The zero-order valence-corrected chi connectivity index (χ0v) is 12.2. The van der Waals surface area contributed by atoms with E-state index in [4.69, 9.17) is 0 Å². The van der Waals surface area contributed by atoms with Crippen LogP contribution >= 0.6 is 0 Å². The second-order valence-electron chi connectivity index (χ2n) is 6.20. The number of carbonyl (C=O) groups excluding carboxylic acids is 1. The summed E-state index contributed by atoms with van der Waals surface area (Å²) in [5.41, 5.74) is 1.55. The molecule has 1 saturated heterocycles. The first-order valence-corrected chi connectivity index (χ1v) is 7.56. The molecule has 114 valence electrons. The van der Waals surface area contributed by atoms with Gasteiger partial charge in [-0.3, -0.25) is 0 Å². The Morgan fingerprint density at radius 2 is 2.00 bits per heavy atom. The minimum Gasteiger partial charge on any atom is -0.393 e. The Morgan fingerprint density at radius 1 is 1.29 bits per heavy atom. The lowest BCUT2D eigenvalue weighted by molar-refractivity contribution is 0.127. The average Bonchev–Trinajstić information content (AvgIpc) is 3.02. The molecule has 5 nitrogen and oxygen atoms in total. The Hall–Kier alpha value is -1.59. The molecule has 0 spiro atoms. The van der Waals surface area contributed by atoms with Crippen LogP contribution in [0.5, 0.6) is 0 Å². The van der Waals surface area contributed by atoms with Crippen molar-refractivity contribution >= 4 is 11.7 Å². The average molecular weight is 290 g/mol. The van der Waals surface area contributed by atoms with Crippen molar-refractivity contribution in [3.05, 3.63) is 29.8 Å². The summed E-state index contributed by atoms with van der Waals surface area (Å²) in [6.45, 7) is 3.09. The van der Waals surface area contributed by atoms with Crippen LogP contribution in [0.15, 0.2) is 24.3 Å². The Morgan fingerprint density at radius 3 is 2.62 bits per heavy atom. The molecule has 2 aliphatic rings. The molecule has 0 bridgehead atoms. The van der Waals surface area contributed by atoms with Gasteiger partial charge in [-0.25, -0.2) is 4.79 Å². The van der Waals surface area contributed by atoms with Crippen LogP contribution in [-0.2, 0) is 0 Å². The van der Waals surface area contributed by atoms with E-state index >= 15 is 0 Å². The number of amides is 2. The number of aliphatic hydroxyl groups is 2. The third-order valence-electron chi connectivity index (χ3n) is 4.75. The van der Waals surface area contributed by atoms with E-state index in [2.05, 4.69) is 5.32 Å². The van der Waals surface area contributed by atoms with E-state index in [1.807, 2.05) is 12.1 Å². The zero-order chi connectivity index (χ0) is 15.0. The van der Waals surface area contributed by atoms with Crippen LogP contribution in [0, 0.1) is 11.8 Å². The predicted molar refractivity (Wildman–Crippen MR) is 79.9 cm³/mol. The number of hydrogen-bond donors (Lipinski definition) is 3. The largest absolute Gasteiger partial charge is 0.393 e. The quantitative estimate of drug-likeness (QED) is 0.780. The van der Waals surface area contributed by atoms with Gasteiger partial charge in [0.05, 0.1) is 12.2 Å². The highest BCUT2D eigenvalue weighted by Gasteiger charge is 2.43. The summed E-state index contributed by atoms with van der Waals surface area (Å²) >= 11 is 0. The van der Waals surface area contributed by atoms with Gasteiger partial charge in [-0.2, -0.15) is 0 Å². The van der Waals surface area contributed by atoms with E-state index in [1.165, 1.54) is 0 Å².